The molecule has 0 aliphatic carbocycles. The minimum absolute atomic E-state index is 0.133. The van der Waals surface area contributed by atoms with Crippen LogP contribution in [0.15, 0.2) is 12.3 Å². The summed E-state index contributed by atoms with van der Waals surface area (Å²) in [5.41, 5.74) is 7.00. The van der Waals surface area contributed by atoms with Crippen molar-refractivity contribution in [3.63, 3.8) is 0 Å². The molecule has 0 atom stereocenters. The highest BCUT2D eigenvalue weighted by molar-refractivity contribution is 5.34. The molecule has 9 heavy (non-hydrogen) atoms. The van der Waals surface area contributed by atoms with E-state index in [-0.39, 0.29) is 5.95 Å². The van der Waals surface area contributed by atoms with Gasteiger partial charge in [0.2, 0.25) is 5.95 Å². The van der Waals surface area contributed by atoms with Crippen LogP contribution in [0.1, 0.15) is 0 Å². The van der Waals surface area contributed by atoms with E-state index in [1.807, 2.05) is 5.48 Å². The molecule has 0 aliphatic rings. The summed E-state index contributed by atoms with van der Waals surface area (Å²) in [6.45, 7) is 0. The van der Waals surface area contributed by atoms with Crippen molar-refractivity contribution in [1.29, 1.82) is 0 Å². The fraction of sp³-hybridized carbons (Fsp3) is 0. The number of nitrogens with two attached hydrogens (primary N) is 1. The minimum atomic E-state index is 0.133. The van der Waals surface area contributed by atoms with Gasteiger partial charge in [0.15, 0.2) is 5.82 Å². The molecule has 0 fully saturated rings. The van der Waals surface area contributed by atoms with Gasteiger partial charge in [-0.1, -0.05) is 0 Å². The summed E-state index contributed by atoms with van der Waals surface area (Å²) >= 11 is 0. The molecule has 0 amide bonds. The van der Waals surface area contributed by atoms with Crippen molar-refractivity contribution < 1.29 is 5.21 Å². The summed E-state index contributed by atoms with van der Waals surface area (Å²) in [5, 5.41) is 8.27. The predicted molar refractivity (Wildman–Crippen MR) is 31.9 cm³/mol. The Labute approximate surface area is 51.5 Å². The number of nitrogens with zero attached hydrogens (tertiary/aromatic N) is 2. The van der Waals surface area contributed by atoms with E-state index in [4.69, 9.17) is 10.9 Å². The van der Waals surface area contributed by atoms with Gasteiger partial charge in [-0.2, -0.15) is 4.98 Å². The molecular formula is C4H6N4O. The first-order valence-corrected chi connectivity index (χ1v) is 2.31. The van der Waals surface area contributed by atoms with Gasteiger partial charge >= 0.3 is 0 Å². The van der Waals surface area contributed by atoms with Gasteiger partial charge in [-0.3, -0.25) is 10.7 Å². The van der Waals surface area contributed by atoms with Gasteiger partial charge in [-0.05, 0) is 0 Å². The Morgan fingerprint density at radius 2 is 2.44 bits per heavy atom. The van der Waals surface area contributed by atoms with Crippen LogP contribution in [0.25, 0.3) is 0 Å². The van der Waals surface area contributed by atoms with Crippen LogP contribution in [0.5, 0.6) is 0 Å². The number of hydrogen-bond acceptors (Lipinski definition) is 5. The first-order valence-electron chi connectivity index (χ1n) is 2.31. The van der Waals surface area contributed by atoms with E-state index in [0.717, 1.165) is 0 Å². The third-order valence-electron chi connectivity index (χ3n) is 0.789. The molecule has 0 unspecified atom stereocenters. The van der Waals surface area contributed by atoms with Crippen LogP contribution in [0.2, 0.25) is 0 Å². The highest BCUT2D eigenvalue weighted by Gasteiger charge is 1.89. The van der Waals surface area contributed by atoms with Crippen LogP contribution in [0.3, 0.4) is 0 Å². The second-order valence-electron chi connectivity index (χ2n) is 1.41. The Morgan fingerprint density at radius 3 is 2.89 bits per heavy atom. The highest BCUT2D eigenvalue weighted by Crippen LogP contribution is 1.99. The first kappa shape index (κ1) is 5.77. The highest BCUT2D eigenvalue weighted by atomic mass is 16.5. The molecule has 1 rings (SSSR count). The average molecular weight is 126 g/mol. The molecule has 0 spiro atoms. The third-order valence-corrected chi connectivity index (χ3v) is 0.789. The lowest BCUT2D eigenvalue weighted by molar-refractivity contribution is 0.386. The lowest BCUT2D eigenvalue weighted by atomic mass is 10.6. The van der Waals surface area contributed by atoms with Crippen molar-refractivity contribution in [2.24, 2.45) is 0 Å². The quantitative estimate of drug-likeness (QED) is 0.456. The summed E-state index contributed by atoms with van der Waals surface area (Å²) in [6, 6.07) is 1.50. The Kier molecular flexibility index (Phi) is 1.46. The number of rotatable bonds is 1. The second kappa shape index (κ2) is 2.27. The normalized spacial score (nSPS) is 9.00. The van der Waals surface area contributed by atoms with Gasteiger partial charge in [-0.25, -0.2) is 4.98 Å². The maximum absolute atomic E-state index is 8.27. The Morgan fingerprint density at radius 1 is 1.67 bits per heavy atom. The molecule has 5 nitrogen and oxygen atoms in total. The standard InChI is InChI=1S/C4H6N4O/c5-4-6-2-1-3(7-4)8-9/h1-2,9H,(H3,5,6,7,8). The van der Waals surface area contributed by atoms with E-state index in [1.54, 1.807) is 0 Å². The van der Waals surface area contributed by atoms with Crippen molar-refractivity contribution in [3.8, 4) is 0 Å². The molecule has 0 radical (unpaired) electrons. The van der Waals surface area contributed by atoms with Crippen LogP contribution in [-0.4, -0.2) is 15.2 Å². The van der Waals surface area contributed by atoms with Crippen LogP contribution < -0.4 is 11.2 Å². The van der Waals surface area contributed by atoms with Crippen molar-refractivity contribution >= 4 is 11.8 Å². The SMILES string of the molecule is Nc1nccc(NO)n1. The molecule has 48 valence electrons. The van der Waals surface area contributed by atoms with E-state index in [2.05, 4.69) is 9.97 Å². The number of nitrogens with one attached hydrogen (secondary N) is 1. The third kappa shape index (κ3) is 1.26. The molecule has 0 saturated heterocycles. The first-order chi connectivity index (χ1) is 4.33. The topological polar surface area (TPSA) is 84.1 Å². The smallest absolute Gasteiger partial charge is 0.221 e. The Bertz CT molecular complexity index is 202. The molecule has 1 heterocycles. The maximum atomic E-state index is 8.27. The van der Waals surface area contributed by atoms with E-state index in [9.17, 15) is 0 Å². The summed E-state index contributed by atoms with van der Waals surface area (Å²) in [4.78, 5) is 7.20. The van der Waals surface area contributed by atoms with Crippen molar-refractivity contribution in [3.05, 3.63) is 12.3 Å². The van der Waals surface area contributed by atoms with Gasteiger partial charge < -0.3 is 5.73 Å². The van der Waals surface area contributed by atoms with Gasteiger partial charge in [0, 0.05) is 12.3 Å². The fourth-order valence-corrected chi connectivity index (χ4v) is 0.436. The Balaban J connectivity index is 2.94. The van der Waals surface area contributed by atoms with Crippen molar-refractivity contribution in [1.82, 2.24) is 9.97 Å². The molecule has 1 aromatic heterocycles. The van der Waals surface area contributed by atoms with Crippen LogP contribution in [0.4, 0.5) is 11.8 Å². The van der Waals surface area contributed by atoms with Crippen molar-refractivity contribution in [2.75, 3.05) is 11.2 Å². The molecule has 0 bridgehead atoms. The van der Waals surface area contributed by atoms with Crippen LogP contribution in [0, 0.1) is 0 Å². The van der Waals surface area contributed by atoms with E-state index >= 15 is 0 Å². The fourth-order valence-electron chi connectivity index (χ4n) is 0.436. The lowest BCUT2D eigenvalue weighted by Crippen LogP contribution is -1.98. The zero-order valence-electron chi connectivity index (χ0n) is 4.57. The van der Waals surface area contributed by atoms with E-state index in [1.165, 1.54) is 12.3 Å². The van der Waals surface area contributed by atoms with Crippen LogP contribution >= 0.6 is 0 Å². The molecular weight excluding hydrogens is 120 g/mol. The lowest BCUT2D eigenvalue weighted by Gasteiger charge is -1.94. The van der Waals surface area contributed by atoms with Gasteiger partial charge in [0.25, 0.3) is 0 Å². The molecule has 1 aromatic rings. The Hall–Kier alpha value is -1.36. The zero-order valence-corrected chi connectivity index (χ0v) is 4.57. The summed E-state index contributed by atoms with van der Waals surface area (Å²) in [7, 11) is 0. The van der Waals surface area contributed by atoms with Crippen LogP contribution in [-0.2, 0) is 0 Å². The zero-order chi connectivity index (χ0) is 6.69. The monoisotopic (exact) mass is 126 g/mol. The van der Waals surface area contributed by atoms with E-state index < -0.39 is 0 Å². The molecule has 0 aliphatic heterocycles. The number of hydrogen-bond donors (Lipinski definition) is 3. The number of anilines is 2. The second-order valence-corrected chi connectivity index (χ2v) is 1.41. The predicted octanol–water partition coefficient (Wildman–Crippen LogP) is -0.140. The van der Waals surface area contributed by atoms with Gasteiger partial charge in [0.05, 0.1) is 0 Å². The molecule has 4 N–H and O–H groups in total. The van der Waals surface area contributed by atoms with Crippen molar-refractivity contribution in [2.45, 2.75) is 0 Å². The summed E-state index contributed by atoms with van der Waals surface area (Å²) in [6.07, 6.45) is 1.45. The maximum Gasteiger partial charge on any atom is 0.221 e. The van der Waals surface area contributed by atoms with Gasteiger partial charge in [0.1, 0.15) is 0 Å². The summed E-state index contributed by atoms with van der Waals surface area (Å²) in [5.74, 6) is 0.427. The summed E-state index contributed by atoms with van der Waals surface area (Å²) < 4.78 is 0. The molecule has 0 saturated carbocycles. The number of nitrogen functional groups attached to an aromatic ring is 1. The number of aromatic nitrogens is 2. The molecule has 5 heteroatoms. The molecule has 0 aromatic carbocycles. The van der Waals surface area contributed by atoms with E-state index in [0.29, 0.717) is 5.82 Å². The van der Waals surface area contributed by atoms with Gasteiger partial charge in [-0.15, -0.1) is 0 Å². The largest absolute Gasteiger partial charge is 0.368 e. The minimum Gasteiger partial charge on any atom is -0.368 e. The average Bonchev–Trinajstić information content (AvgIpc) is 1.88.